The summed E-state index contributed by atoms with van der Waals surface area (Å²) < 4.78 is 11.0. The average Bonchev–Trinajstić information content (AvgIpc) is 3.31. The van der Waals surface area contributed by atoms with E-state index in [1.165, 1.54) is 6.07 Å². The van der Waals surface area contributed by atoms with E-state index in [2.05, 4.69) is 33.1 Å². The zero-order chi connectivity index (χ0) is 32.8. The molecular formula is C36H40N4O6. The lowest BCUT2D eigenvalue weighted by atomic mass is 9.98. The highest BCUT2D eigenvalue weighted by molar-refractivity contribution is 5.98. The number of amides is 3. The molecule has 0 bridgehead atoms. The molecule has 1 aliphatic carbocycles. The van der Waals surface area contributed by atoms with Crippen molar-refractivity contribution in [3.8, 4) is 11.1 Å². The Morgan fingerprint density at radius 3 is 2.24 bits per heavy atom. The fourth-order valence-electron chi connectivity index (χ4n) is 5.77. The summed E-state index contributed by atoms with van der Waals surface area (Å²) in [6.07, 6.45) is 0.180. The van der Waals surface area contributed by atoms with E-state index in [4.69, 9.17) is 9.47 Å². The summed E-state index contributed by atoms with van der Waals surface area (Å²) in [5.74, 6) is -0.546. The smallest absolute Gasteiger partial charge is 0.407 e. The van der Waals surface area contributed by atoms with Crippen LogP contribution in [-0.4, -0.2) is 47.9 Å². The lowest BCUT2D eigenvalue weighted by Gasteiger charge is -2.21. The fourth-order valence-corrected chi connectivity index (χ4v) is 5.77. The Bertz CT molecular complexity index is 1760. The van der Waals surface area contributed by atoms with Crippen LogP contribution in [0.2, 0.25) is 0 Å². The summed E-state index contributed by atoms with van der Waals surface area (Å²) in [5.41, 5.74) is 5.49. The number of benzene rings is 3. The molecule has 0 saturated heterocycles. The van der Waals surface area contributed by atoms with Crippen LogP contribution in [0.1, 0.15) is 62.6 Å². The number of ether oxygens (including phenoxy) is 2. The number of aryl methyl sites for hydroxylation is 1. The van der Waals surface area contributed by atoms with Crippen LogP contribution in [0.5, 0.6) is 0 Å². The molecule has 0 unspecified atom stereocenters. The summed E-state index contributed by atoms with van der Waals surface area (Å²) in [5, 5.41) is 9.20. The summed E-state index contributed by atoms with van der Waals surface area (Å²) in [6.45, 7) is 7.69. The van der Waals surface area contributed by atoms with Crippen molar-refractivity contribution in [2.24, 2.45) is 0 Å². The maximum absolute atomic E-state index is 13.5. The Morgan fingerprint density at radius 2 is 1.57 bits per heavy atom. The van der Waals surface area contributed by atoms with Gasteiger partial charge in [-0.05, 0) is 86.9 Å². The zero-order valence-corrected chi connectivity index (χ0v) is 26.6. The van der Waals surface area contributed by atoms with Gasteiger partial charge in [-0.15, -0.1) is 0 Å². The quantitative estimate of drug-likeness (QED) is 0.151. The molecule has 3 aromatic carbocycles. The first kappa shape index (κ1) is 32.3. The van der Waals surface area contributed by atoms with E-state index < -0.39 is 29.7 Å². The number of hydrogen-bond donors (Lipinski definition) is 4. The number of aromatic nitrogens is 1. The van der Waals surface area contributed by atoms with Gasteiger partial charge >= 0.3 is 12.2 Å². The molecule has 0 spiro atoms. The maximum atomic E-state index is 13.5. The van der Waals surface area contributed by atoms with Crippen molar-refractivity contribution in [1.29, 1.82) is 0 Å². The van der Waals surface area contributed by atoms with Crippen LogP contribution in [0, 0.1) is 6.92 Å². The number of fused-ring (bicyclic) bond motifs is 4. The van der Waals surface area contributed by atoms with Gasteiger partial charge in [0.25, 0.3) is 0 Å². The minimum atomic E-state index is -0.913. The highest BCUT2D eigenvalue weighted by Gasteiger charge is 2.30. The van der Waals surface area contributed by atoms with Crippen LogP contribution in [-0.2, 0) is 14.3 Å². The number of pyridine rings is 1. The second-order valence-corrected chi connectivity index (χ2v) is 12.5. The van der Waals surface area contributed by atoms with Gasteiger partial charge in [0.15, 0.2) is 0 Å². The van der Waals surface area contributed by atoms with Crippen LogP contribution in [0.15, 0.2) is 77.6 Å². The summed E-state index contributed by atoms with van der Waals surface area (Å²) in [6, 6.07) is 22.0. The van der Waals surface area contributed by atoms with Crippen molar-refractivity contribution in [2.75, 3.05) is 18.5 Å². The van der Waals surface area contributed by atoms with E-state index in [-0.39, 0.29) is 18.1 Å². The van der Waals surface area contributed by atoms with Crippen molar-refractivity contribution in [1.82, 2.24) is 15.6 Å². The van der Waals surface area contributed by atoms with Crippen LogP contribution >= 0.6 is 0 Å². The molecule has 0 aliphatic heterocycles. The number of H-pyrrole nitrogens is 1. The number of unbranched alkanes of at least 4 members (excludes halogenated alkanes) is 1. The Balaban J connectivity index is 1.24. The number of carbonyl (C=O) groups excluding carboxylic acids is 3. The monoisotopic (exact) mass is 624 g/mol. The van der Waals surface area contributed by atoms with Gasteiger partial charge in [0, 0.05) is 29.6 Å². The molecule has 1 atom stereocenters. The molecule has 46 heavy (non-hydrogen) atoms. The summed E-state index contributed by atoms with van der Waals surface area (Å²) in [7, 11) is 0. The van der Waals surface area contributed by atoms with Crippen molar-refractivity contribution in [3.63, 3.8) is 0 Å². The van der Waals surface area contributed by atoms with E-state index in [9.17, 15) is 19.2 Å². The molecule has 1 heterocycles. The average molecular weight is 625 g/mol. The van der Waals surface area contributed by atoms with Gasteiger partial charge in [-0.1, -0.05) is 54.6 Å². The molecule has 0 radical (unpaired) electrons. The van der Waals surface area contributed by atoms with E-state index in [0.717, 1.165) is 33.2 Å². The molecule has 10 heteroatoms. The van der Waals surface area contributed by atoms with Crippen molar-refractivity contribution in [2.45, 2.75) is 64.5 Å². The maximum Gasteiger partial charge on any atom is 0.407 e. The summed E-state index contributed by atoms with van der Waals surface area (Å²) >= 11 is 0. The molecule has 0 saturated carbocycles. The molecular weight excluding hydrogens is 584 g/mol. The normalized spacial score (nSPS) is 13.0. The van der Waals surface area contributed by atoms with Crippen LogP contribution in [0.4, 0.5) is 15.3 Å². The fraction of sp³-hybridized carbons (Fsp3) is 0.333. The Morgan fingerprint density at radius 1 is 0.891 bits per heavy atom. The molecule has 0 fully saturated rings. The van der Waals surface area contributed by atoms with E-state index in [0.29, 0.717) is 37.0 Å². The predicted molar refractivity (Wildman–Crippen MR) is 178 cm³/mol. The first-order valence-corrected chi connectivity index (χ1v) is 15.5. The second kappa shape index (κ2) is 13.9. The number of nitrogens with one attached hydrogen (secondary N) is 4. The number of hydrogen-bond acceptors (Lipinski definition) is 6. The highest BCUT2D eigenvalue weighted by atomic mass is 16.6. The van der Waals surface area contributed by atoms with Gasteiger partial charge in [0.05, 0.1) is 5.52 Å². The van der Waals surface area contributed by atoms with Gasteiger partial charge in [-0.2, -0.15) is 0 Å². The van der Waals surface area contributed by atoms with Gasteiger partial charge in [-0.25, -0.2) is 9.59 Å². The van der Waals surface area contributed by atoms with Crippen molar-refractivity contribution < 1.29 is 23.9 Å². The third-order valence-corrected chi connectivity index (χ3v) is 7.86. The third-order valence-electron chi connectivity index (χ3n) is 7.86. The molecule has 1 aromatic heterocycles. The first-order valence-electron chi connectivity index (χ1n) is 15.5. The van der Waals surface area contributed by atoms with Crippen LogP contribution in [0.25, 0.3) is 22.0 Å². The van der Waals surface area contributed by atoms with Crippen molar-refractivity contribution >= 4 is 34.7 Å². The Labute approximate surface area is 267 Å². The Hall–Kier alpha value is -5.12. The van der Waals surface area contributed by atoms with Gasteiger partial charge in [0.1, 0.15) is 18.2 Å². The number of rotatable bonds is 10. The molecule has 5 rings (SSSR count). The van der Waals surface area contributed by atoms with Gasteiger partial charge < -0.3 is 30.4 Å². The highest BCUT2D eigenvalue weighted by Crippen LogP contribution is 2.44. The lowest BCUT2D eigenvalue weighted by molar-refractivity contribution is -0.118. The van der Waals surface area contributed by atoms with E-state index in [1.807, 2.05) is 49.4 Å². The van der Waals surface area contributed by atoms with Gasteiger partial charge in [0.2, 0.25) is 11.5 Å². The summed E-state index contributed by atoms with van der Waals surface area (Å²) in [4.78, 5) is 53.4. The number of alkyl carbamates (subject to hydrolysis) is 2. The molecule has 10 nitrogen and oxygen atoms in total. The number of carbonyl (C=O) groups is 3. The second-order valence-electron chi connectivity index (χ2n) is 12.5. The van der Waals surface area contributed by atoms with Crippen LogP contribution < -0.4 is 21.5 Å². The zero-order valence-electron chi connectivity index (χ0n) is 26.6. The topological polar surface area (TPSA) is 139 Å². The molecule has 240 valence electrons. The first-order chi connectivity index (χ1) is 22.0. The minimum absolute atomic E-state index is 0.116. The van der Waals surface area contributed by atoms with Gasteiger partial charge in [-0.3, -0.25) is 9.59 Å². The number of aromatic amines is 1. The Kier molecular flexibility index (Phi) is 9.75. The molecule has 4 aromatic rings. The van der Waals surface area contributed by atoms with Crippen molar-refractivity contribution in [3.05, 3.63) is 99.8 Å². The SMILES string of the molecule is Cc1cc(=O)[nH]c2cc(NC(=O)[C@H](CCCCNC(=O)OC(C)(C)C)NC(=O)OCC3c4ccccc4-c4ccccc43)ccc12. The number of anilines is 1. The largest absolute Gasteiger partial charge is 0.449 e. The minimum Gasteiger partial charge on any atom is -0.449 e. The van der Waals surface area contributed by atoms with E-state index in [1.54, 1.807) is 32.9 Å². The molecule has 1 aliphatic rings. The lowest BCUT2D eigenvalue weighted by Crippen LogP contribution is -2.44. The standard InChI is InChI=1S/C36H40N4O6/c1-22-19-32(41)39-31-20-23(16-17-24(22)31)38-33(42)30(15-9-10-18-37-34(43)46-36(2,3)4)40-35(44)45-21-29-27-13-7-5-11-25(27)26-12-6-8-14-28(26)29/h5-8,11-14,16-17,19-20,29-30H,9-10,15,18,21H2,1-4H3,(H,37,43)(H,38,42)(H,39,41)(H,40,44)/t30-/m0/s1. The third kappa shape index (κ3) is 7.93. The predicted octanol–water partition coefficient (Wildman–Crippen LogP) is 6.38. The molecule has 4 N–H and O–H groups in total. The van der Waals surface area contributed by atoms with Crippen LogP contribution in [0.3, 0.4) is 0 Å². The molecule has 3 amide bonds. The van der Waals surface area contributed by atoms with E-state index >= 15 is 0 Å².